The molecule has 0 aliphatic carbocycles. The van der Waals surface area contributed by atoms with Crippen molar-refractivity contribution in [3.05, 3.63) is 32.9 Å². The number of aromatic amines is 1. The molecule has 7 nitrogen and oxygen atoms in total. The van der Waals surface area contributed by atoms with Crippen LogP contribution in [0.5, 0.6) is 0 Å². The largest absolute Gasteiger partial charge is 0.394 e. The van der Waals surface area contributed by atoms with Crippen molar-refractivity contribution in [2.75, 3.05) is 6.61 Å². The minimum atomic E-state index is -1.15. The number of H-pyrrole nitrogens is 1. The first kappa shape index (κ1) is 15.5. The normalized spacial score (nSPS) is 25.8. The summed E-state index contributed by atoms with van der Waals surface area (Å²) in [5.41, 5.74) is -2.00. The predicted molar refractivity (Wildman–Crippen MR) is 64.2 cm³/mol. The van der Waals surface area contributed by atoms with Crippen LogP contribution in [0, 0.1) is 5.82 Å². The van der Waals surface area contributed by atoms with Gasteiger partial charge < -0.3 is 14.9 Å². The first-order valence-corrected chi connectivity index (χ1v) is 5.98. The summed E-state index contributed by atoms with van der Waals surface area (Å²) in [7, 11) is 0. The standard InChI is InChI=1S/C9H11FN2O5.C2H6/c10-5-2-12(9(16)11-7(5)15)8-6(14)1-4(3-13)17-8;1-2/h2,4,6,8,13-14H,1,3H2,(H,11,15,16);1-2H3. The number of nitrogens with one attached hydrogen (secondary N) is 1. The van der Waals surface area contributed by atoms with E-state index in [1.165, 1.54) is 0 Å². The number of aliphatic hydroxyl groups is 2. The van der Waals surface area contributed by atoms with Crippen molar-refractivity contribution in [1.29, 1.82) is 0 Å². The second kappa shape index (κ2) is 6.60. The summed E-state index contributed by atoms with van der Waals surface area (Å²) in [6.45, 7) is 3.69. The van der Waals surface area contributed by atoms with Crippen LogP contribution in [0.1, 0.15) is 26.5 Å². The monoisotopic (exact) mass is 276 g/mol. The van der Waals surface area contributed by atoms with Gasteiger partial charge in [0.15, 0.2) is 6.23 Å². The molecule has 1 aromatic rings. The minimum absolute atomic E-state index is 0.133. The molecule has 0 amide bonds. The maximum Gasteiger partial charge on any atom is 0.330 e. The van der Waals surface area contributed by atoms with Crippen molar-refractivity contribution < 1.29 is 19.3 Å². The Hall–Kier alpha value is -1.51. The molecule has 1 aromatic heterocycles. The summed E-state index contributed by atoms with van der Waals surface area (Å²) in [6.07, 6.45) is -1.96. The molecule has 1 aliphatic heterocycles. The van der Waals surface area contributed by atoms with Crippen LogP contribution in [-0.2, 0) is 4.74 Å². The second-order valence-electron chi connectivity index (χ2n) is 3.78. The molecule has 1 saturated heterocycles. The zero-order valence-corrected chi connectivity index (χ0v) is 10.7. The third-order valence-electron chi connectivity index (χ3n) is 2.57. The van der Waals surface area contributed by atoms with Crippen molar-refractivity contribution in [2.24, 2.45) is 0 Å². The molecule has 1 aliphatic rings. The highest BCUT2D eigenvalue weighted by Crippen LogP contribution is 2.27. The fraction of sp³-hybridized carbons (Fsp3) is 0.636. The highest BCUT2D eigenvalue weighted by atomic mass is 19.1. The van der Waals surface area contributed by atoms with Crippen molar-refractivity contribution in [3.63, 3.8) is 0 Å². The Balaban J connectivity index is 0.000000861. The molecule has 1 fully saturated rings. The van der Waals surface area contributed by atoms with Crippen molar-refractivity contribution in [3.8, 4) is 0 Å². The van der Waals surface area contributed by atoms with Crippen molar-refractivity contribution >= 4 is 0 Å². The number of ether oxygens (including phenoxy) is 1. The Bertz CT molecular complexity index is 527. The van der Waals surface area contributed by atoms with Crippen molar-refractivity contribution in [2.45, 2.75) is 38.7 Å². The Morgan fingerprint density at radius 2 is 2.16 bits per heavy atom. The lowest BCUT2D eigenvalue weighted by molar-refractivity contribution is -0.0535. The van der Waals surface area contributed by atoms with E-state index in [0.29, 0.717) is 6.20 Å². The fourth-order valence-electron chi connectivity index (χ4n) is 1.75. The molecular weight excluding hydrogens is 259 g/mol. The van der Waals surface area contributed by atoms with Gasteiger partial charge in [-0.3, -0.25) is 14.3 Å². The third kappa shape index (κ3) is 3.28. The van der Waals surface area contributed by atoms with E-state index in [1.54, 1.807) is 4.98 Å². The lowest BCUT2D eigenvalue weighted by Crippen LogP contribution is -2.36. The molecule has 0 aromatic carbocycles. The SMILES string of the molecule is CC.O=c1[nH]c(=O)n(C2OC(CO)CC2O)cc1F. The molecule has 0 spiro atoms. The van der Waals surface area contributed by atoms with Crippen LogP contribution < -0.4 is 11.2 Å². The number of hydrogen-bond acceptors (Lipinski definition) is 5. The molecule has 19 heavy (non-hydrogen) atoms. The van der Waals surface area contributed by atoms with Gasteiger partial charge in [-0.1, -0.05) is 13.8 Å². The van der Waals surface area contributed by atoms with Gasteiger partial charge in [0.05, 0.1) is 18.9 Å². The molecule has 2 heterocycles. The Kier molecular flexibility index (Phi) is 5.40. The van der Waals surface area contributed by atoms with Gasteiger partial charge in [-0.2, -0.15) is 4.39 Å². The second-order valence-corrected chi connectivity index (χ2v) is 3.78. The van der Waals surface area contributed by atoms with Gasteiger partial charge in [-0.05, 0) is 0 Å². The first-order valence-electron chi connectivity index (χ1n) is 5.98. The Morgan fingerprint density at radius 3 is 2.68 bits per heavy atom. The van der Waals surface area contributed by atoms with Gasteiger partial charge in [-0.15, -0.1) is 0 Å². The Labute approximate surface area is 108 Å². The minimum Gasteiger partial charge on any atom is -0.394 e. The molecule has 108 valence electrons. The molecule has 3 unspecified atom stereocenters. The first-order chi connectivity index (χ1) is 9.02. The maximum atomic E-state index is 13.0. The lowest BCUT2D eigenvalue weighted by Gasteiger charge is -2.16. The van der Waals surface area contributed by atoms with Gasteiger partial charge >= 0.3 is 5.69 Å². The van der Waals surface area contributed by atoms with Gasteiger partial charge in [-0.25, -0.2) is 4.79 Å². The zero-order valence-electron chi connectivity index (χ0n) is 10.7. The van der Waals surface area contributed by atoms with Gasteiger partial charge in [0.25, 0.3) is 5.56 Å². The molecule has 8 heteroatoms. The van der Waals surface area contributed by atoms with E-state index >= 15 is 0 Å². The molecular formula is C11H17FN2O5. The number of nitrogens with zero attached hydrogens (tertiary/aromatic N) is 1. The van der Waals surface area contributed by atoms with Crippen LogP contribution in [0.4, 0.5) is 4.39 Å². The summed E-state index contributed by atoms with van der Waals surface area (Å²) >= 11 is 0. The van der Waals surface area contributed by atoms with Gasteiger partial charge in [0.1, 0.15) is 6.10 Å². The number of halogens is 1. The van der Waals surface area contributed by atoms with E-state index in [9.17, 15) is 19.1 Å². The summed E-state index contributed by atoms with van der Waals surface area (Å²) in [6, 6.07) is 0. The number of aliphatic hydroxyl groups excluding tert-OH is 2. The lowest BCUT2D eigenvalue weighted by atomic mass is 10.2. The predicted octanol–water partition coefficient (Wildman–Crippen LogP) is -0.657. The molecule has 0 bridgehead atoms. The maximum absolute atomic E-state index is 13.0. The molecule has 3 N–H and O–H groups in total. The van der Waals surface area contributed by atoms with E-state index < -0.39 is 35.5 Å². The number of aromatic nitrogens is 2. The van der Waals surface area contributed by atoms with E-state index in [0.717, 1.165) is 4.57 Å². The van der Waals surface area contributed by atoms with Gasteiger partial charge in [0.2, 0.25) is 5.82 Å². The van der Waals surface area contributed by atoms with Crippen LogP contribution in [0.3, 0.4) is 0 Å². The molecule has 0 radical (unpaired) electrons. The molecule has 3 atom stereocenters. The Morgan fingerprint density at radius 1 is 1.53 bits per heavy atom. The van der Waals surface area contributed by atoms with Crippen LogP contribution in [0.25, 0.3) is 0 Å². The van der Waals surface area contributed by atoms with E-state index in [4.69, 9.17) is 9.84 Å². The van der Waals surface area contributed by atoms with Crippen LogP contribution in [0.15, 0.2) is 15.8 Å². The van der Waals surface area contributed by atoms with Crippen LogP contribution in [-0.4, -0.2) is 38.6 Å². The third-order valence-corrected chi connectivity index (χ3v) is 2.57. The smallest absolute Gasteiger partial charge is 0.330 e. The topological polar surface area (TPSA) is 105 Å². The quantitative estimate of drug-likeness (QED) is 0.665. The van der Waals surface area contributed by atoms with Crippen LogP contribution >= 0.6 is 0 Å². The van der Waals surface area contributed by atoms with E-state index in [2.05, 4.69) is 0 Å². The fourth-order valence-corrected chi connectivity index (χ4v) is 1.75. The summed E-state index contributed by atoms with van der Waals surface area (Å²) in [5.74, 6) is -1.15. The van der Waals surface area contributed by atoms with E-state index in [1.807, 2.05) is 13.8 Å². The van der Waals surface area contributed by atoms with Crippen LogP contribution in [0.2, 0.25) is 0 Å². The summed E-state index contributed by atoms with van der Waals surface area (Å²) < 4.78 is 18.9. The molecule has 0 saturated carbocycles. The molecule has 2 rings (SSSR count). The van der Waals surface area contributed by atoms with Crippen molar-refractivity contribution in [1.82, 2.24) is 9.55 Å². The van der Waals surface area contributed by atoms with Gasteiger partial charge in [0, 0.05) is 6.42 Å². The average molecular weight is 276 g/mol. The number of rotatable bonds is 2. The van der Waals surface area contributed by atoms with E-state index in [-0.39, 0.29) is 13.0 Å². The zero-order chi connectivity index (χ0) is 14.6. The summed E-state index contributed by atoms with van der Waals surface area (Å²) in [5, 5.41) is 18.5. The highest BCUT2D eigenvalue weighted by Gasteiger charge is 2.35. The highest BCUT2D eigenvalue weighted by molar-refractivity contribution is 4.91. The average Bonchev–Trinajstić information content (AvgIpc) is 2.77. The summed E-state index contributed by atoms with van der Waals surface area (Å²) in [4.78, 5) is 24.0. The number of hydrogen-bond donors (Lipinski definition) is 3.